The van der Waals surface area contributed by atoms with E-state index >= 15 is 0 Å². The lowest BCUT2D eigenvalue weighted by atomic mass is 9.95. The van der Waals surface area contributed by atoms with E-state index in [1.54, 1.807) is 11.5 Å². The summed E-state index contributed by atoms with van der Waals surface area (Å²) in [6, 6.07) is 16.0. The number of para-hydroxylation sites is 1. The van der Waals surface area contributed by atoms with Crippen LogP contribution >= 0.6 is 0 Å². The molecule has 1 atom stereocenters. The normalized spacial score (nSPS) is 17.2. The van der Waals surface area contributed by atoms with Crippen molar-refractivity contribution in [2.45, 2.75) is 25.4 Å². The van der Waals surface area contributed by atoms with Gasteiger partial charge >= 0.3 is 5.69 Å². The summed E-state index contributed by atoms with van der Waals surface area (Å²) in [6.45, 7) is 1.87. The summed E-state index contributed by atoms with van der Waals surface area (Å²) < 4.78 is 7.35. The number of H-pyrrole nitrogens is 1. The zero-order chi connectivity index (χ0) is 20.7. The molecule has 1 aliphatic heterocycles. The van der Waals surface area contributed by atoms with Gasteiger partial charge in [-0.2, -0.15) is 5.10 Å². The minimum absolute atomic E-state index is 0.171. The molecule has 154 valence electrons. The number of fused-ring (bicyclic) bond motifs is 3. The van der Waals surface area contributed by atoms with Crippen LogP contribution in [0.1, 0.15) is 18.4 Å². The first-order valence-corrected chi connectivity index (χ1v) is 10.2. The molecule has 0 spiro atoms. The number of nitrogens with one attached hydrogen (secondary N) is 1. The van der Waals surface area contributed by atoms with E-state index in [0.29, 0.717) is 5.65 Å². The Balaban J connectivity index is 1.75. The lowest BCUT2D eigenvalue weighted by Crippen LogP contribution is -2.31. The maximum Gasteiger partial charge on any atom is 0.348 e. The van der Waals surface area contributed by atoms with Gasteiger partial charge in [-0.15, -0.1) is 0 Å². The van der Waals surface area contributed by atoms with Crippen molar-refractivity contribution >= 4 is 16.6 Å². The van der Waals surface area contributed by atoms with Gasteiger partial charge in [-0.3, -0.25) is 4.90 Å². The van der Waals surface area contributed by atoms with E-state index in [-0.39, 0.29) is 18.3 Å². The third kappa shape index (κ3) is 2.98. The Kier molecular flexibility index (Phi) is 4.77. The van der Waals surface area contributed by atoms with E-state index in [9.17, 15) is 9.90 Å². The van der Waals surface area contributed by atoms with Gasteiger partial charge in [0.25, 0.3) is 0 Å². The minimum atomic E-state index is -0.254. The summed E-state index contributed by atoms with van der Waals surface area (Å²) >= 11 is 0. The highest BCUT2D eigenvalue weighted by molar-refractivity contribution is 5.99. The fourth-order valence-corrected chi connectivity index (χ4v) is 4.66. The predicted molar refractivity (Wildman–Crippen MR) is 116 cm³/mol. The van der Waals surface area contributed by atoms with Crippen LogP contribution in [0.25, 0.3) is 27.7 Å². The number of pyridine rings is 1. The molecule has 0 saturated carbocycles. The van der Waals surface area contributed by atoms with E-state index < -0.39 is 0 Å². The second kappa shape index (κ2) is 7.59. The number of aromatic nitrogens is 3. The number of likely N-dealkylation sites (tertiary alicyclic amines) is 1. The van der Waals surface area contributed by atoms with Crippen molar-refractivity contribution < 1.29 is 9.84 Å². The molecule has 3 heterocycles. The molecule has 7 heteroatoms. The molecular weight excluding hydrogens is 380 g/mol. The zero-order valence-corrected chi connectivity index (χ0v) is 16.8. The number of hydrogen-bond donors (Lipinski definition) is 2. The topological polar surface area (TPSA) is 82.9 Å². The molecule has 5 rings (SSSR count). The maximum atomic E-state index is 12.3. The molecular formula is C23H24N4O3. The van der Waals surface area contributed by atoms with Gasteiger partial charge in [-0.1, -0.05) is 30.3 Å². The number of hydrogen-bond acceptors (Lipinski definition) is 5. The van der Waals surface area contributed by atoms with Gasteiger partial charge in [0.05, 0.1) is 19.2 Å². The van der Waals surface area contributed by atoms with Crippen molar-refractivity contribution in [1.82, 2.24) is 19.5 Å². The van der Waals surface area contributed by atoms with Gasteiger partial charge in [0.15, 0.2) is 5.65 Å². The van der Waals surface area contributed by atoms with Gasteiger partial charge in [0, 0.05) is 23.5 Å². The van der Waals surface area contributed by atoms with Crippen LogP contribution in [0.4, 0.5) is 0 Å². The monoisotopic (exact) mass is 404 g/mol. The molecule has 2 N–H and O–H groups in total. The SMILES string of the molecule is COc1cccc(CN2CCC[C@H]2CO)c1-c1cc2n[nH]c(=O)n2c2ccccc12. The number of nitrogens with zero attached hydrogens (tertiary/aromatic N) is 3. The number of ether oxygens (including phenoxy) is 1. The average Bonchev–Trinajstić information content (AvgIpc) is 3.39. The smallest absolute Gasteiger partial charge is 0.348 e. The molecule has 1 saturated heterocycles. The van der Waals surface area contributed by atoms with Crippen LogP contribution in [0.5, 0.6) is 5.75 Å². The number of benzene rings is 2. The van der Waals surface area contributed by atoms with Crippen molar-refractivity contribution in [2.75, 3.05) is 20.3 Å². The van der Waals surface area contributed by atoms with Crippen LogP contribution in [0.3, 0.4) is 0 Å². The first kappa shape index (κ1) is 18.8. The largest absolute Gasteiger partial charge is 0.496 e. The minimum Gasteiger partial charge on any atom is -0.496 e. The quantitative estimate of drug-likeness (QED) is 0.535. The predicted octanol–water partition coefficient (Wildman–Crippen LogP) is 2.81. The Morgan fingerprint density at radius 3 is 2.93 bits per heavy atom. The number of aliphatic hydroxyl groups excluding tert-OH is 1. The fourth-order valence-electron chi connectivity index (χ4n) is 4.66. The Morgan fingerprint density at radius 1 is 1.23 bits per heavy atom. The summed E-state index contributed by atoms with van der Waals surface area (Å²) in [7, 11) is 1.68. The van der Waals surface area contributed by atoms with Gasteiger partial charge < -0.3 is 9.84 Å². The summed E-state index contributed by atoms with van der Waals surface area (Å²) in [4.78, 5) is 14.7. The van der Waals surface area contributed by atoms with Crippen LogP contribution < -0.4 is 10.4 Å². The molecule has 0 aliphatic carbocycles. The molecule has 1 aliphatic rings. The third-order valence-electron chi connectivity index (χ3n) is 6.09. The highest BCUT2D eigenvalue weighted by atomic mass is 16.5. The van der Waals surface area contributed by atoms with Crippen LogP contribution in [0.2, 0.25) is 0 Å². The average molecular weight is 404 g/mol. The first-order chi connectivity index (χ1) is 14.7. The van der Waals surface area contributed by atoms with Crippen molar-refractivity contribution in [3.05, 3.63) is 64.6 Å². The standard InChI is InChI=1S/C23H24N4O3/c1-30-20-10-4-6-15(13-26-11-5-7-16(26)14-28)22(20)18-12-21-24-25-23(29)27(21)19-9-3-2-8-17(18)19/h2-4,6,8-10,12,16,28H,5,7,11,13-14H2,1H3,(H,25,29)/t16-/m0/s1. The molecule has 4 aromatic rings. The van der Waals surface area contributed by atoms with E-state index in [1.807, 2.05) is 42.5 Å². The molecule has 0 bridgehead atoms. The summed E-state index contributed by atoms with van der Waals surface area (Å²) in [5.74, 6) is 0.777. The second-order valence-corrected chi connectivity index (χ2v) is 7.74. The Bertz CT molecular complexity index is 1280. The van der Waals surface area contributed by atoms with Crippen LogP contribution in [-0.4, -0.2) is 50.9 Å². The Morgan fingerprint density at radius 2 is 2.10 bits per heavy atom. The van der Waals surface area contributed by atoms with Crippen molar-refractivity contribution in [3.8, 4) is 16.9 Å². The van der Waals surface area contributed by atoms with Gasteiger partial charge in [-0.25, -0.2) is 14.3 Å². The molecule has 0 amide bonds. The van der Waals surface area contributed by atoms with Gasteiger partial charge in [-0.05, 0) is 48.7 Å². The number of aliphatic hydroxyl groups is 1. The second-order valence-electron chi connectivity index (χ2n) is 7.74. The van der Waals surface area contributed by atoms with Gasteiger partial charge in [0.2, 0.25) is 0 Å². The van der Waals surface area contributed by atoms with Crippen LogP contribution in [0.15, 0.2) is 53.3 Å². The Hall–Kier alpha value is -3.16. The zero-order valence-electron chi connectivity index (χ0n) is 16.8. The molecule has 0 radical (unpaired) electrons. The highest BCUT2D eigenvalue weighted by Gasteiger charge is 2.26. The number of rotatable bonds is 5. The summed E-state index contributed by atoms with van der Waals surface area (Å²) in [5, 5.41) is 17.5. The summed E-state index contributed by atoms with van der Waals surface area (Å²) in [6.07, 6.45) is 2.11. The lowest BCUT2D eigenvalue weighted by Gasteiger charge is -2.25. The van der Waals surface area contributed by atoms with Crippen molar-refractivity contribution in [3.63, 3.8) is 0 Å². The molecule has 0 unspecified atom stereocenters. The Labute approximate surface area is 173 Å². The van der Waals surface area contributed by atoms with Crippen LogP contribution in [-0.2, 0) is 6.54 Å². The molecule has 30 heavy (non-hydrogen) atoms. The van der Waals surface area contributed by atoms with Gasteiger partial charge in [0.1, 0.15) is 5.75 Å². The van der Waals surface area contributed by atoms with Crippen molar-refractivity contribution in [1.29, 1.82) is 0 Å². The third-order valence-corrected chi connectivity index (χ3v) is 6.09. The molecule has 2 aromatic carbocycles. The van der Waals surface area contributed by atoms with E-state index in [0.717, 1.165) is 59.3 Å². The van der Waals surface area contributed by atoms with E-state index in [2.05, 4.69) is 21.2 Å². The fraction of sp³-hybridized carbons (Fsp3) is 0.304. The lowest BCUT2D eigenvalue weighted by molar-refractivity contribution is 0.153. The number of methoxy groups -OCH3 is 1. The van der Waals surface area contributed by atoms with E-state index in [4.69, 9.17) is 4.74 Å². The molecule has 1 fully saturated rings. The summed E-state index contributed by atoms with van der Waals surface area (Å²) in [5.41, 5.74) is 4.22. The molecule has 7 nitrogen and oxygen atoms in total. The highest BCUT2D eigenvalue weighted by Crippen LogP contribution is 2.39. The maximum absolute atomic E-state index is 12.3. The van der Waals surface area contributed by atoms with Crippen molar-refractivity contribution in [2.24, 2.45) is 0 Å². The molecule has 2 aromatic heterocycles. The van der Waals surface area contributed by atoms with E-state index in [1.165, 1.54) is 0 Å². The van der Waals surface area contributed by atoms with Crippen LogP contribution in [0, 0.1) is 0 Å². The first-order valence-electron chi connectivity index (χ1n) is 10.2. The number of aromatic amines is 1.